The third-order valence-corrected chi connectivity index (χ3v) is 2.89. The largest absolute Gasteiger partial charge is 0.478 e. The highest BCUT2D eigenvalue weighted by molar-refractivity contribution is 5.38. The Hall–Kier alpha value is -2.11. The van der Waals surface area contributed by atoms with E-state index in [1.54, 1.807) is 6.07 Å². The molecule has 0 bridgehead atoms. The zero-order valence-electron chi connectivity index (χ0n) is 11.6. The zero-order chi connectivity index (χ0) is 13.7. The minimum atomic E-state index is 0.599. The SMILES string of the molecule is CCCOc1cc(NCc2cnn(C)c2C)ncn1. The van der Waals surface area contributed by atoms with Crippen LogP contribution in [-0.4, -0.2) is 26.4 Å². The zero-order valence-corrected chi connectivity index (χ0v) is 11.6. The summed E-state index contributed by atoms with van der Waals surface area (Å²) < 4.78 is 7.32. The molecule has 0 saturated carbocycles. The molecule has 0 saturated heterocycles. The molecule has 0 atom stereocenters. The van der Waals surface area contributed by atoms with E-state index in [2.05, 4.69) is 27.3 Å². The van der Waals surface area contributed by atoms with Gasteiger partial charge in [0.1, 0.15) is 12.1 Å². The standard InChI is InChI=1S/C13H19N5O/c1-4-5-19-13-6-12(15-9-16-13)14-7-11-8-17-18(3)10(11)2/h6,8-9H,4-5,7H2,1-3H3,(H,14,15,16). The first-order valence-electron chi connectivity index (χ1n) is 6.37. The molecular weight excluding hydrogens is 242 g/mol. The molecule has 2 heterocycles. The first kappa shape index (κ1) is 13.3. The predicted molar refractivity (Wildman–Crippen MR) is 73.1 cm³/mol. The van der Waals surface area contributed by atoms with Crippen LogP contribution in [0.25, 0.3) is 0 Å². The molecular formula is C13H19N5O. The van der Waals surface area contributed by atoms with Crippen LogP contribution in [0.3, 0.4) is 0 Å². The van der Waals surface area contributed by atoms with E-state index in [0.717, 1.165) is 23.5 Å². The quantitative estimate of drug-likeness (QED) is 0.860. The number of ether oxygens (including phenoxy) is 1. The van der Waals surface area contributed by atoms with Gasteiger partial charge in [0.05, 0.1) is 12.8 Å². The van der Waals surface area contributed by atoms with Gasteiger partial charge in [-0.25, -0.2) is 9.97 Å². The lowest BCUT2D eigenvalue weighted by atomic mass is 10.2. The molecule has 0 unspecified atom stereocenters. The van der Waals surface area contributed by atoms with Gasteiger partial charge in [-0.3, -0.25) is 4.68 Å². The van der Waals surface area contributed by atoms with Gasteiger partial charge in [0, 0.05) is 30.9 Å². The second-order valence-electron chi connectivity index (χ2n) is 4.32. The molecule has 2 aromatic heterocycles. The molecule has 2 rings (SSSR count). The van der Waals surface area contributed by atoms with Crippen LogP contribution in [0.1, 0.15) is 24.6 Å². The van der Waals surface area contributed by atoms with Crippen LogP contribution in [0.2, 0.25) is 0 Å². The van der Waals surface area contributed by atoms with E-state index in [1.807, 2.05) is 24.9 Å². The Morgan fingerprint density at radius 1 is 1.37 bits per heavy atom. The summed E-state index contributed by atoms with van der Waals surface area (Å²) in [6.07, 6.45) is 4.32. The lowest BCUT2D eigenvalue weighted by Gasteiger charge is -2.07. The number of hydrogen-bond donors (Lipinski definition) is 1. The smallest absolute Gasteiger partial charge is 0.218 e. The van der Waals surface area contributed by atoms with Crippen LogP contribution in [0, 0.1) is 6.92 Å². The Bertz CT molecular complexity index is 538. The van der Waals surface area contributed by atoms with Gasteiger partial charge in [0.2, 0.25) is 5.88 Å². The summed E-state index contributed by atoms with van der Waals surface area (Å²) in [4.78, 5) is 8.23. The van der Waals surface area contributed by atoms with E-state index in [1.165, 1.54) is 6.33 Å². The fraction of sp³-hybridized carbons (Fsp3) is 0.462. The summed E-state index contributed by atoms with van der Waals surface area (Å²) in [5, 5.41) is 7.45. The maximum atomic E-state index is 5.47. The van der Waals surface area contributed by atoms with Gasteiger partial charge in [-0.15, -0.1) is 0 Å². The normalized spacial score (nSPS) is 10.5. The van der Waals surface area contributed by atoms with E-state index in [0.29, 0.717) is 19.0 Å². The summed E-state index contributed by atoms with van der Waals surface area (Å²) in [6, 6.07) is 1.81. The number of anilines is 1. The Kier molecular flexibility index (Phi) is 4.33. The van der Waals surface area contributed by atoms with Crippen LogP contribution in [0.4, 0.5) is 5.82 Å². The first-order valence-corrected chi connectivity index (χ1v) is 6.37. The highest BCUT2D eigenvalue weighted by Crippen LogP contribution is 2.13. The molecule has 0 amide bonds. The number of rotatable bonds is 6. The second-order valence-corrected chi connectivity index (χ2v) is 4.32. The van der Waals surface area contributed by atoms with E-state index in [9.17, 15) is 0 Å². The highest BCUT2D eigenvalue weighted by Gasteiger charge is 2.04. The van der Waals surface area contributed by atoms with Crippen molar-refractivity contribution >= 4 is 5.82 Å². The van der Waals surface area contributed by atoms with Crippen LogP contribution in [0.15, 0.2) is 18.6 Å². The molecule has 0 fully saturated rings. The molecule has 0 spiro atoms. The van der Waals surface area contributed by atoms with Crippen molar-refractivity contribution in [3.05, 3.63) is 29.8 Å². The second kappa shape index (κ2) is 6.17. The van der Waals surface area contributed by atoms with Crippen molar-refractivity contribution in [2.24, 2.45) is 7.05 Å². The van der Waals surface area contributed by atoms with Gasteiger partial charge >= 0.3 is 0 Å². The fourth-order valence-electron chi connectivity index (χ4n) is 1.63. The molecule has 0 aliphatic carbocycles. The summed E-state index contributed by atoms with van der Waals surface area (Å²) in [7, 11) is 1.93. The van der Waals surface area contributed by atoms with Crippen LogP contribution in [0.5, 0.6) is 5.88 Å². The lowest BCUT2D eigenvalue weighted by Crippen LogP contribution is -2.04. The minimum Gasteiger partial charge on any atom is -0.478 e. The van der Waals surface area contributed by atoms with Gasteiger partial charge in [-0.2, -0.15) is 5.10 Å². The Morgan fingerprint density at radius 2 is 2.21 bits per heavy atom. The first-order chi connectivity index (χ1) is 9.20. The monoisotopic (exact) mass is 261 g/mol. The summed E-state index contributed by atoms with van der Waals surface area (Å²) in [5.41, 5.74) is 2.29. The summed E-state index contributed by atoms with van der Waals surface area (Å²) in [5.74, 6) is 1.35. The molecule has 2 aromatic rings. The topological polar surface area (TPSA) is 64.9 Å². The molecule has 0 radical (unpaired) electrons. The molecule has 0 aromatic carbocycles. The number of hydrogen-bond acceptors (Lipinski definition) is 5. The Balaban J connectivity index is 1.97. The van der Waals surface area contributed by atoms with E-state index in [-0.39, 0.29) is 0 Å². The van der Waals surface area contributed by atoms with E-state index < -0.39 is 0 Å². The van der Waals surface area contributed by atoms with Gasteiger partial charge in [-0.05, 0) is 13.3 Å². The molecule has 6 heteroatoms. The fourth-order valence-corrected chi connectivity index (χ4v) is 1.63. The summed E-state index contributed by atoms with van der Waals surface area (Å²) in [6.45, 7) is 5.45. The predicted octanol–water partition coefficient (Wildman–Crippen LogP) is 1.92. The maximum Gasteiger partial charge on any atom is 0.218 e. The van der Waals surface area contributed by atoms with Crippen LogP contribution < -0.4 is 10.1 Å². The van der Waals surface area contributed by atoms with Gasteiger partial charge < -0.3 is 10.1 Å². The van der Waals surface area contributed by atoms with Gasteiger partial charge in [0.15, 0.2) is 0 Å². The molecule has 0 aliphatic rings. The maximum absolute atomic E-state index is 5.47. The minimum absolute atomic E-state index is 0.599. The Labute approximate surface area is 112 Å². The van der Waals surface area contributed by atoms with Gasteiger partial charge in [0.25, 0.3) is 0 Å². The molecule has 102 valence electrons. The molecule has 0 aliphatic heterocycles. The lowest BCUT2D eigenvalue weighted by molar-refractivity contribution is 0.305. The average Bonchev–Trinajstić information content (AvgIpc) is 2.75. The molecule has 6 nitrogen and oxygen atoms in total. The third-order valence-electron chi connectivity index (χ3n) is 2.89. The van der Waals surface area contributed by atoms with Crippen molar-refractivity contribution < 1.29 is 4.74 Å². The van der Waals surface area contributed by atoms with E-state index >= 15 is 0 Å². The van der Waals surface area contributed by atoms with Crippen molar-refractivity contribution in [3.8, 4) is 5.88 Å². The van der Waals surface area contributed by atoms with Crippen molar-refractivity contribution in [2.45, 2.75) is 26.8 Å². The summed E-state index contributed by atoms with van der Waals surface area (Å²) >= 11 is 0. The van der Waals surface area contributed by atoms with Gasteiger partial charge in [-0.1, -0.05) is 6.92 Å². The average molecular weight is 261 g/mol. The van der Waals surface area contributed by atoms with Crippen molar-refractivity contribution in [2.75, 3.05) is 11.9 Å². The number of nitrogens with one attached hydrogen (secondary N) is 1. The third kappa shape index (κ3) is 3.43. The van der Waals surface area contributed by atoms with Crippen molar-refractivity contribution in [1.82, 2.24) is 19.7 Å². The number of aryl methyl sites for hydroxylation is 1. The van der Waals surface area contributed by atoms with E-state index in [4.69, 9.17) is 4.74 Å². The highest BCUT2D eigenvalue weighted by atomic mass is 16.5. The van der Waals surface area contributed by atoms with Crippen LogP contribution in [-0.2, 0) is 13.6 Å². The van der Waals surface area contributed by atoms with Crippen LogP contribution >= 0.6 is 0 Å². The molecule has 19 heavy (non-hydrogen) atoms. The Morgan fingerprint density at radius 3 is 2.89 bits per heavy atom. The van der Waals surface area contributed by atoms with Crippen molar-refractivity contribution in [1.29, 1.82) is 0 Å². The number of aromatic nitrogens is 4. The number of nitrogens with zero attached hydrogens (tertiary/aromatic N) is 4. The molecule has 1 N–H and O–H groups in total. The van der Waals surface area contributed by atoms with Crippen molar-refractivity contribution in [3.63, 3.8) is 0 Å².